The first-order valence-corrected chi connectivity index (χ1v) is 5.61. The van der Waals surface area contributed by atoms with Crippen LogP contribution in [0.15, 0.2) is 30.3 Å². The summed E-state index contributed by atoms with van der Waals surface area (Å²) in [6, 6.07) is 10.4. The van der Waals surface area contributed by atoms with Gasteiger partial charge < -0.3 is 5.11 Å². The highest BCUT2D eigenvalue weighted by Crippen LogP contribution is 2.31. The lowest BCUT2D eigenvalue weighted by Crippen LogP contribution is -2.16. The molecule has 1 N–H and O–H groups in total. The SMILES string of the molecule is O[C@H]1CCCCC[C@H]1c1ccccc1. The van der Waals surface area contributed by atoms with Gasteiger partial charge >= 0.3 is 0 Å². The lowest BCUT2D eigenvalue weighted by Gasteiger charge is -2.20. The van der Waals surface area contributed by atoms with Crippen LogP contribution in [0.5, 0.6) is 0 Å². The molecule has 0 bridgehead atoms. The maximum absolute atomic E-state index is 10.0. The smallest absolute Gasteiger partial charge is 0.0608 e. The molecule has 2 rings (SSSR count). The Kier molecular flexibility index (Phi) is 3.20. The van der Waals surface area contributed by atoms with E-state index in [0.29, 0.717) is 5.92 Å². The molecule has 1 saturated carbocycles. The molecule has 2 atom stereocenters. The van der Waals surface area contributed by atoms with Crippen LogP contribution in [0.2, 0.25) is 0 Å². The van der Waals surface area contributed by atoms with Crippen molar-refractivity contribution in [2.24, 2.45) is 0 Å². The largest absolute Gasteiger partial charge is 0.392 e. The van der Waals surface area contributed by atoms with Gasteiger partial charge in [0.05, 0.1) is 6.10 Å². The molecule has 1 heteroatoms. The first kappa shape index (κ1) is 9.72. The van der Waals surface area contributed by atoms with Crippen molar-refractivity contribution in [3.63, 3.8) is 0 Å². The molecule has 0 radical (unpaired) electrons. The first-order valence-electron chi connectivity index (χ1n) is 5.61. The zero-order chi connectivity index (χ0) is 9.80. The molecule has 14 heavy (non-hydrogen) atoms. The first-order chi connectivity index (χ1) is 6.88. The van der Waals surface area contributed by atoms with Crippen molar-refractivity contribution in [3.05, 3.63) is 35.9 Å². The lowest BCUT2D eigenvalue weighted by molar-refractivity contribution is 0.135. The monoisotopic (exact) mass is 190 g/mol. The Bertz CT molecular complexity index is 268. The number of rotatable bonds is 1. The van der Waals surface area contributed by atoms with Gasteiger partial charge in [0, 0.05) is 5.92 Å². The minimum atomic E-state index is -0.125. The zero-order valence-corrected chi connectivity index (χ0v) is 8.52. The van der Waals surface area contributed by atoms with Crippen LogP contribution >= 0.6 is 0 Å². The van der Waals surface area contributed by atoms with Crippen LogP contribution in [0.4, 0.5) is 0 Å². The van der Waals surface area contributed by atoms with Crippen molar-refractivity contribution in [2.45, 2.75) is 44.1 Å². The Morgan fingerprint density at radius 1 is 0.929 bits per heavy atom. The van der Waals surface area contributed by atoms with Crippen LogP contribution in [-0.2, 0) is 0 Å². The molecule has 1 aromatic carbocycles. The highest BCUT2D eigenvalue weighted by atomic mass is 16.3. The van der Waals surface area contributed by atoms with E-state index in [1.165, 1.54) is 24.8 Å². The summed E-state index contributed by atoms with van der Waals surface area (Å²) in [5, 5.41) is 10.0. The van der Waals surface area contributed by atoms with Crippen LogP contribution in [0.3, 0.4) is 0 Å². The van der Waals surface area contributed by atoms with Gasteiger partial charge in [-0.15, -0.1) is 0 Å². The van der Waals surface area contributed by atoms with Gasteiger partial charge in [-0.25, -0.2) is 0 Å². The molecule has 0 unspecified atom stereocenters. The van der Waals surface area contributed by atoms with Crippen molar-refractivity contribution in [2.75, 3.05) is 0 Å². The van der Waals surface area contributed by atoms with Crippen molar-refractivity contribution in [1.29, 1.82) is 0 Å². The number of aliphatic hydroxyl groups excluding tert-OH is 1. The second-order valence-corrected chi connectivity index (χ2v) is 4.22. The molecular weight excluding hydrogens is 172 g/mol. The van der Waals surface area contributed by atoms with Crippen LogP contribution < -0.4 is 0 Å². The van der Waals surface area contributed by atoms with E-state index in [9.17, 15) is 5.11 Å². The van der Waals surface area contributed by atoms with Crippen molar-refractivity contribution < 1.29 is 5.11 Å². The maximum atomic E-state index is 10.0. The fourth-order valence-electron chi connectivity index (χ4n) is 2.38. The summed E-state index contributed by atoms with van der Waals surface area (Å²) in [5.74, 6) is 0.374. The highest BCUT2D eigenvalue weighted by Gasteiger charge is 2.22. The van der Waals surface area contributed by atoms with E-state index >= 15 is 0 Å². The molecule has 1 aliphatic carbocycles. The summed E-state index contributed by atoms with van der Waals surface area (Å²) in [6.07, 6.45) is 5.71. The Morgan fingerprint density at radius 3 is 2.43 bits per heavy atom. The summed E-state index contributed by atoms with van der Waals surface area (Å²) in [5.41, 5.74) is 1.31. The summed E-state index contributed by atoms with van der Waals surface area (Å²) in [6.45, 7) is 0. The Hall–Kier alpha value is -0.820. The molecule has 1 aromatic rings. The average molecular weight is 190 g/mol. The summed E-state index contributed by atoms with van der Waals surface area (Å²) >= 11 is 0. The molecular formula is C13H18O. The molecule has 0 saturated heterocycles. The number of aliphatic hydroxyl groups is 1. The minimum Gasteiger partial charge on any atom is -0.392 e. The van der Waals surface area contributed by atoms with Crippen molar-refractivity contribution in [1.82, 2.24) is 0 Å². The van der Waals surface area contributed by atoms with Crippen LogP contribution in [0.1, 0.15) is 43.6 Å². The Balaban J connectivity index is 2.15. The third-order valence-corrected chi connectivity index (χ3v) is 3.21. The second-order valence-electron chi connectivity index (χ2n) is 4.22. The lowest BCUT2D eigenvalue weighted by atomic mass is 9.90. The number of benzene rings is 1. The van der Waals surface area contributed by atoms with Gasteiger partial charge in [-0.3, -0.25) is 0 Å². The molecule has 0 amide bonds. The molecule has 1 aliphatic rings. The zero-order valence-electron chi connectivity index (χ0n) is 8.52. The predicted molar refractivity (Wildman–Crippen MR) is 58.3 cm³/mol. The van der Waals surface area contributed by atoms with Crippen LogP contribution in [-0.4, -0.2) is 11.2 Å². The fraction of sp³-hybridized carbons (Fsp3) is 0.538. The molecule has 0 spiro atoms. The quantitative estimate of drug-likeness (QED) is 0.675. The van der Waals surface area contributed by atoms with Crippen LogP contribution in [0, 0.1) is 0 Å². The van der Waals surface area contributed by atoms with Crippen molar-refractivity contribution in [3.8, 4) is 0 Å². The molecule has 1 nitrogen and oxygen atoms in total. The van der Waals surface area contributed by atoms with E-state index in [0.717, 1.165) is 12.8 Å². The van der Waals surface area contributed by atoms with Gasteiger partial charge in [-0.1, -0.05) is 49.6 Å². The van der Waals surface area contributed by atoms with Gasteiger partial charge in [-0.05, 0) is 18.4 Å². The van der Waals surface area contributed by atoms with Gasteiger partial charge in [0.2, 0.25) is 0 Å². The average Bonchev–Trinajstić information content (AvgIpc) is 2.44. The number of hydrogen-bond donors (Lipinski definition) is 1. The summed E-state index contributed by atoms with van der Waals surface area (Å²) < 4.78 is 0. The van der Waals surface area contributed by atoms with E-state index in [-0.39, 0.29) is 6.10 Å². The van der Waals surface area contributed by atoms with Gasteiger partial charge in [0.1, 0.15) is 0 Å². The standard InChI is InChI=1S/C13H18O/c14-13-10-6-2-5-9-12(13)11-7-3-1-4-8-11/h1,3-4,7-8,12-14H,2,5-6,9-10H2/t12-,13-/m0/s1. The molecule has 0 heterocycles. The Labute approximate surface area is 85.8 Å². The molecule has 0 aliphatic heterocycles. The molecule has 1 fully saturated rings. The minimum absolute atomic E-state index is 0.125. The number of hydrogen-bond acceptors (Lipinski definition) is 1. The van der Waals surface area contributed by atoms with E-state index in [1.807, 2.05) is 6.07 Å². The van der Waals surface area contributed by atoms with E-state index < -0.39 is 0 Å². The van der Waals surface area contributed by atoms with Gasteiger partial charge in [-0.2, -0.15) is 0 Å². The maximum Gasteiger partial charge on any atom is 0.0608 e. The second kappa shape index (κ2) is 4.61. The third-order valence-electron chi connectivity index (χ3n) is 3.21. The van der Waals surface area contributed by atoms with E-state index in [1.54, 1.807) is 0 Å². The Morgan fingerprint density at radius 2 is 1.64 bits per heavy atom. The summed E-state index contributed by atoms with van der Waals surface area (Å²) in [4.78, 5) is 0. The third kappa shape index (κ3) is 2.16. The summed E-state index contributed by atoms with van der Waals surface area (Å²) in [7, 11) is 0. The van der Waals surface area contributed by atoms with Gasteiger partial charge in [0.25, 0.3) is 0 Å². The van der Waals surface area contributed by atoms with Crippen LogP contribution in [0.25, 0.3) is 0 Å². The fourth-order valence-corrected chi connectivity index (χ4v) is 2.38. The van der Waals surface area contributed by atoms with E-state index in [4.69, 9.17) is 0 Å². The van der Waals surface area contributed by atoms with Gasteiger partial charge in [0.15, 0.2) is 0 Å². The topological polar surface area (TPSA) is 20.2 Å². The predicted octanol–water partition coefficient (Wildman–Crippen LogP) is 3.10. The molecule has 0 aromatic heterocycles. The van der Waals surface area contributed by atoms with E-state index in [2.05, 4.69) is 24.3 Å². The molecule has 76 valence electrons. The van der Waals surface area contributed by atoms with Crippen molar-refractivity contribution >= 4 is 0 Å². The normalized spacial score (nSPS) is 28.4. The highest BCUT2D eigenvalue weighted by molar-refractivity contribution is 5.20.